The molecule has 0 radical (unpaired) electrons. The van der Waals surface area contributed by atoms with E-state index in [1.165, 1.54) is 0 Å². The fourth-order valence-electron chi connectivity index (χ4n) is 0.806. The largest absolute Gasteiger partial charge is 0.357 e. The highest BCUT2D eigenvalue weighted by Gasteiger charge is 2.27. The molecule has 0 atom stereocenters. The number of nitrogens with one attached hydrogen (secondary N) is 2. The molecule has 0 bridgehead atoms. The minimum absolute atomic E-state index is 0.122. The van der Waals surface area contributed by atoms with Crippen molar-refractivity contribution < 1.29 is 9.59 Å². The van der Waals surface area contributed by atoms with Crippen LogP contribution in [-0.2, 0) is 9.59 Å². The minimum Gasteiger partial charge on any atom is -0.357 e. The van der Waals surface area contributed by atoms with Gasteiger partial charge in [-0.25, -0.2) is 0 Å². The first-order valence-electron chi connectivity index (χ1n) is 3.97. The lowest BCUT2D eigenvalue weighted by atomic mass is 10.0. The molecule has 0 aliphatic heterocycles. The molecule has 12 heavy (non-hydrogen) atoms. The second kappa shape index (κ2) is 4.09. The number of rotatable bonds is 3. The molecule has 0 saturated carbocycles. The van der Waals surface area contributed by atoms with E-state index < -0.39 is 5.54 Å². The standard InChI is InChI=1S/C8H16N2O2/c1-5-6(11)10-8(2,3)7(12)9-4/h5H2,1-4H3,(H,9,12)(H,10,11). The van der Waals surface area contributed by atoms with E-state index in [4.69, 9.17) is 0 Å². The summed E-state index contributed by atoms with van der Waals surface area (Å²) < 4.78 is 0. The van der Waals surface area contributed by atoms with E-state index in [1.807, 2.05) is 0 Å². The zero-order valence-electron chi connectivity index (χ0n) is 8.02. The molecule has 0 saturated heterocycles. The van der Waals surface area contributed by atoms with Crippen LogP contribution in [0, 0.1) is 0 Å². The van der Waals surface area contributed by atoms with Crippen molar-refractivity contribution in [2.75, 3.05) is 7.05 Å². The molecule has 70 valence electrons. The number of carbonyl (C=O) groups is 2. The summed E-state index contributed by atoms with van der Waals surface area (Å²) in [5, 5.41) is 5.09. The summed E-state index contributed by atoms with van der Waals surface area (Å²) in [7, 11) is 1.54. The zero-order chi connectivity index (χ0) is 9.78. The normalized spacial score (nSPS) is 10.7. The molecule has 2 N–H and O–H groups in total. The number of hydrogen-bond donors (Lipinski definition) is 2. The first-order chi connectivity index (χ1) is 5.44. The van der Waals surface area contributed by atoms with Gasteiger partial charge in [0.1, 0.15) is 5.54 Å². The summed E-state index contributed by atoms with van der Waals surface area (Å²) in [4.78, 5) is 22.1. The first-order valence-corrected chi connectivity index (χ1v) is 3.97. The Morgan fingerprint density at radius 2 is 1.83 bits per heavy atom. The van der Waals surface area contributed by atoms with E-state index in [9.17, 15) is 9.59 Å². The van der Waals surface area contributed by atoms with Gasteiger partial charge in [-0.15, -0.1) is 0 Å². The molecule has 0 aliphatic rings. The second-order valence-electron chi connectivity index (χ2n) is 3.11. The molecule has 0 rings (SSSR count). The van der Waals surface area contributed by atoms with Crippen LogP contribution in [-0.4, -0.2) is 24.4 Å². The summed E-state index contributed by atoms with van der Waals surface area (Å²) >= 11 is 0. The van der Waals surface area contributed by atoms with E-state index in [1.54, 1.807) is 27.8 Å². The Balaban J connectivity index is 4.21. The number of likely N-dealkylation sites (N-methyl/N-ethyl adjacent to an activating group) is 1. The highest BCUT2D eigenvalue weighted by Crippen LogP contribution is 2.01. The summed E-state index contributed by atoms with van der Waals surface area (Å²) in [6.45, 7) is 5.08. The van der Waals surface area contributed by atoms with Crippen LogP contribution in [0.15, 0.2) is 0 Å². The lowest BCUT2D eigenvalue weighted by molar-refractivity contribution is -0.131. The molecule has 0 heterocycles. The van der Waals surface area contributed by atoms with Crippen molar-refractivity contribution in [1.29, 1.82) is 0 Å². The topological polar surface area (TPSA) is 58.2 Å². The summed E-state index contributed by atoms with van der Waals surface area (Å²) in [6, 6.07) is 0. The Morgan fingerprint density at radius 1 is 1.33 bits per heavy atom. The van der Waals surface area contributed by atoms with Crippen LogP contribution in [0.25, 0.3) is 0 Å². The van der Waals surface area contributed by atoms with Gasteiger partial charge in [0.2, 0.25) is 11.8 Å². The van der Waals surface area contributed by atoms with E-state index in [0.717, 1.165) is 0 Å². The summed E-state index contributed by atoms with van der Waals surface area (Å²) in [6.07, 6.45) is 0.389. The molecule has 4 nitrogen and oxygen atoms in total. The number of carbonyl (C=O) groups excluding carboxylic acids is 2. The Kier molecular flexibility index (Phi) is 3.73. The van der Waals surface area contributed by atoms with Gasteiger partial charge in [-0.3, -0.25) is 9.59 Å². The van der Waals surface area contributed by atoms with Crippen LogP contribution in [0.4, 0.5) is 0 Å². The Morgan fingerprint density at radius 3 is 2.17 bits per heavy atom. The molecule has 4 heteroatoms. The molecule has 0 aromatic carbocycles. The minimum atomic E-state index is -0.818. The van der Waals surface area contributed by atoms with E-state index >= 15 is 0 Å². The van der Waals surface area contributed by atoms with Gasteiger partial charge in [0.15, 0.2) is 0 Å². The van der Waals surface area contributed by atoms with Crippen molar-refractivity contribution in [3.05, 3.63) is 0 Å². The fourth-order valence-corrected chi connectivity index (χ4v) is 0.806. The quantitative estimate of drug-likeness (QED) is 0.631. The molecule has 0 aliphatic carbocycles. The SMILES string of the molecule is CCC(=O)NC(C)(C)C(=O)NC. The predicted octanol–water partition coefficient (Wildman–Crippen LogP) is 0.0372. The van der Waals surface area contributed by atoms with Gasteiger partial charge >= 0.3 is 0 Å². The molecule has 0 aromatic heterocycles. The lowest BCUT2D eigenvalue weighted by Gasteiger charge is -2.23. The molecular formula is C8H16N2O2. The van der Waals surface area contributed by atoms with Crippen molar-refractivity contribution in [2.24, 2.45) is 0 Å². The maximum absolute atomic E-state index is 11.2. The van der Waals surface area contributed by atoms with Gasteiger partial charge in [0.25, 0.3) is 0 Å². The van der Waals surface area contributed by atoms with Crippen molar-refractivity contribution in [2.45, 2.75) is 32.7 Å². The molecule has 0 aromatic rings. The van der Waals surface area contributed by atoms with Crippen molar-refractivity contribution in [3.63, 3.8) is 0 Å². The van der Waals surface area contributed by atoms with E-state index in [-0.39, 0.29) is 11.8 Å². The second-order valence-corrected chi connectivity index (χ2v) is 3.11. The number of hydrogen-bond acceptors (Lipinski definition) is 2. The Hall–Kier alpha value is -1.06. The smallest absolute Gasteiger partial charge is 0.244 e. The number of amides is 2. The average molecular weight is 172 g/mol. The van der Waals surface area contributed by atoms with E-state index in [2.05, 4.69) is 10.6 Å². The van der Waals surface area contributed by atoms with Gasteiger partial charge in [-0.1, -0.05) is 6.92 Å². The Bertz CT molecular complexity index is 187. The third-order valence-corrected chi connectivity index (χ3v) is 1.57. The van der Waals surface area contributed by atoms with Crippen LogP contribution in [0.2, 0.25) is 0 Å². The van der Waals surface area contributed by atoms with Gasteiger partial charge in [0.05, 0.1) is 0 Å². The zero-order valence-corrected chi connectivity index (χ0v) is 8.02. The van der Waals surface area contributed by atoms with Crippen molar-refractivity contribution in [3.8, 4) is 0 Å². The third-order valence-electron chi connectivity index (χ3n) is 1.57. The molecule has 0 fully saturated rings. The monoisotopic (exact) mass is 172 g/mol. The van der Waals surface area contributed by atoms with Crippen LogP contribution >= 0.6 is 0 Å². The van der Waals surface area contributed by atoms with Crippen molar-refractivity contribution >= 4 is 11.8 Å². The fraction of sp³-hybridized carbons (Fsp3) is 0.750. The molecule has 0 spiro atoms. The van der Waals surface area contributed by atoms with Crippen molar-refractivity contribution in [1.82, 2.24) is 10.6 Å². The predicted molar refractivity (Wildman–Crippen MR) is 46.6 cm³/mol. The van der Waals surface area contributed by atoms with Gasteiger partial charge in [0, 0.05) is 13.5 Å². The van der Waals surface area contributed by atoms with Gasteiger partial charge in [-0.05, 0) is 13.8 Å². The highest BCUT2D eigenvalue weighted by molar-refractivity contribution is 5.90. The van der Waals surface area contributed by atoms with Gasteiger partial charge < -0.3 is 10.6 Å². The van der Waals surface area contributed by atoms with Crippen LogP contribution in [0.3, 0.4) is 0 Å². The summed E-state index contributed by atoms with van der Waals surface area (Å²) in [5.41, 5.74) is -0.818. The average Bonchev–Trinajstić information content (AvgIpc) is 2.02. The maximum atomic E-state index is 11.2. The van der Waals surface area contributed by atoms with Crippen LogP contribution in [0.5, 0.6) is 0 Å². The Labute approximate surface area is 72.7 Å². The van der Waals surface area contributed by atoms with E-state index in [0.29, 0.717) is 6.42 Å². The molecule has 0 unspecified atom stereocenters. The van der Waals surface area contributed by atoms with Crippen LogP contribution < -0.4 is 10.6 Å². The maximum Gasteiger partial charge on any atom is 0.244 e. The first kappa shape index (κ1) is 10.9. The molecular weight excluding hydrogens is 156 g/mol. The van der Waals surface area contributed by atoms with Gasteiger partial charge in [-0.2, -0.15) is 0 Å². The van der Waals surface area contributed by atoms with Crippen LogP contribution in [0.1, 0.15) is 27.2 Å². The lowest BCUT2D eigenvalue weighted by Crippen LogP contribution is -2.53. The summed E-state index contributed by atoms with van der Waals surface area (Å²) in [5.74, 6) is -0.312. The molecule has 2 amide bonds. The third kappa shape index (κ3) is 2.90. The highest BCUT2D eigenvalue weighted by atomic mass is 16.2.